The van der Waals surface area contributed by atoms with Crippen LogP contribution in [0.15, 0.2) is 54.7 Å². The lowest BCUT2D eigenvalue weighted by Crippen LogP contribution is -2.32. The second kappa shape index (κ2) is 9.39. The van der Waals surface area contributed by atoms with E-state index in [1.54, 1.807) is 24.9 Å². The zero-order valence-corrected chi connectivity index (χ0v) is 17.9. The number of nitrogens with zero attached hydrogens (tertiary/aromatic N) is 3. The summed E-state index contributed by atoms with van der Waals surface area (Å²) in [7, 11) is 0. The Morgan fingerprint density at radius 1 is 1.03 bits per heavy atom. The number of rotatable bonds is 7. The molecule has 0 saturated heterocycles. The third kappa shape index (κ3) is 4.13. The first-order valence-electron chi connectivity index (χ1n) is 10.1. The minimum absolute atomic E-state index is 0.190. The Hall–Kier alpha value is -3.41. The molecule has 0 unspecified atom stereocenters. The van der Waals surface area contributed by atoms with E-state index < -0.39 is 5.97 Å². The number of pyridine rings is 1. The topological polar surface area (TPSA) is 64.4 Å². The fraction of sp³-hybridized carbons (Fsp3) is 0.292. The molecule has 3 rings (SSSR count). The first kappa shape index (κ1) is 21.3. The Bertz CT molecular complexity index is 1030. The first-order valence-corrected chi connectivity index (χ1v) is 10.1. The number of anilines is 1. The van der Waals surface area contributed by atoms with Crippen LogP contribution < -0.4 is 4.90 Å². The molecule has 0 fully saturated rings. The van der Waals surface area contributed by atoms with Crippen molar-refractivity contribution in [2.24, 2.45) is 0 Å². The highest BCUT2D eigenvalue weighted by molar-refractivity contribution is 6.09. The van der Waals surface area contributed by atoms with Crippen LogP contribution in [0.5, 0.6) is 0 Å². The number of ether oxygens (including phenoxy) is 1. The molecule has 2 heterocycles. The molecule has 0 aliphatic heterocycles. The molecular weight excluding hydrogens is 378 g/mol. The maximum atomic E-state index is 13.8. The third-order valence-corrected chi connectivity index (χ3v) is 5.12. The summed E-state index contributed by atoms with van der Waals surface area (Å²) in [6.45, 7) is 8.61. The summed E-state index contributed by atoms with van der Waals surface area (Å²) in [6.07, 6.45) is 1.67. The fourth-order valence-corrected chi connectivity index (χ4v) is 3.74. The molecule has 0 atom stereocenters. The number of hydrogen-bond acceptors (Lipinski definition) is 4. The van der Waals surface area contributed by atoms with Crippen LogP contribution in [0.3, 0.4) is 0 Å². The molecule has 0 spiro atoms. The van der Waals surface area contributed by atoms with Gasteiger partial charge in [0.15, 0.2) is 0 Å². The van der Waals surface area contributed by atoms with E-state index in [4.69, 9.17) is 4.74 Å². The van der Waals surface area contributed by atoms with Crippen molar-refractivity contribution in [2.75, 3.05) is 11.5 Å². The monoisotopic (exact) mass is 405 g/mol. The Morgan fingerprint density at radius 2 is 1.73 bits per heavy atom. The summed E-state index contributed by atoms with van der Waals surface area (Å²) in [5.41, 5.74) is 3.32. The molecule has 0 radical (unpaired) electrons. The molecule has 30 heavy (non-hydrogen) atoms. The van der Waals surface area contributed by atoms with E-state index in [1.165, 1.54) is 0 Å². The zero-order valence-electron chi connectivity index (χ0n) is 17.9. The molecule has 1 amide bonds. The molecule has 0 aliphatic rings. The summed E-state index contributed by atoms with van der Waals surface area (Å²) in [5.74, 6) is -0.0381. The highest BCUT2D eigenvalue weighted by Crippen LogP contribution is 2.27. The molecule has 2 aromatic heterocycles. The van der Waals surface area contributed by atoms with E-state index in [1.807, 2.05) is 66.9 Å². The Kier molecular flexibility index (Phi) is 6.67. The minimum Gasteiger partial charge on any atom is -0.461 e. The Labute approximate surface area is 177 Å². The van der Waals surface area contributed by atoms with Gasteiger partial charge in [-0.3, -0.25) is 9.69 Å². The van der Waals surface area contributed by atoms with Gasteiger partial charge in [-0.2, -0.15) is 0 Å². The number of carbonyl (C=O) groups excluding carboxylic acids is 2. The smallest absolute Gasteiger partial charge is 0.355 e. The van der Waals surface area contributed by atoms with Crippen molar-refractivity contribution >= 4 is 17.7 Å². The molecule has 0 aliphatic carbocycles. The second-order valence-electron chi connectivity index (χ2n) is 6.96. The quantitative estimate of drug-likeness (QED) is 0.541. The van der Waals surface area contributed by atoms with Crippen LogP contribution >= 0.6 is 0 Å². The van der Waals surface area contributed by atoms with Gasteiger partial charge in [0.05, 0.1) is 18.7 Å². The zero-order chi connectivity index (χ0) is 21.7. The molecule has 6 heteroatoms. The van der Waals surface area contributed by atoms with E-state index >= 15 is 0 Å². The Balaban J connectivity index is 2.10. The Morgan fingerprint density at radius 3 is 2.33 bits per heavy atom. The number of hydrogen-bond donors (Lipinski definition) is 0. The van der Waals surface area contributed by atoms with Crippen molar-refractivity contribution in [3.8, 4) is 0 Å². The highest BCUT2D eigenvalue weighted by atomic mass is 16.5. The number of carbonyl (C=O) groups is 2. The summed E-state index contributed by atoms with van der Waals surface area (Å²) in [5, 5.41) is 0. The molecule has 0 bridgehead atoms. The summed E-state index contributed by atoms with van der Waals surface area (Å²) in [4.78, 5) is 32.4. The average molecular weight is 405 g/mol. The van der Waals surface area contributed by atoms with Gasteiger partial charge < -0.3 is 9.30 Å². The summed E-state index contributed by atoms with van der Waals surface area (Å²) in [6, 6.07) is 15.3. The van der Waals surface area contributed by atoms with E-state index in [0.717, 1.165) is 11.3 Å². The molecule has 0 N–H and O–H groups in total. The first-order chi connectivity index (χ1) is 14.5. The average Bonchev–Trinajstić information content (AvgIpc) is 3.02. The molecule has 156 valence electrons. The van der Waals surface area contributed by atoms with Crippen LogP contribution in [0.2, 0.25) is 0 Å². The lowest BCUT2D eigenvalue weighted by atomic mass is 10.1. The minimum atomic E-state index is -0.411. The van der Waals surface area contributed by atoms with Crippen molar-refractivity contribution in [2.45, 2.75) is 40.8 Å². The molecule has 1 aromatic carbocycles. The van der Waals surface area contributed by atoms with Gasteiger partial charge >= 0.3 is 5.97 Å². The summed E-state index contributed by atoms with van der Waals surface area (Å²) < 4.78 is 7.09. The molecular formula is C24H27N3O3. The second-order valence-corrected chi connectivity index (χ2v) is 6.96. The van der Waals surface area contributed by atoms with Gasteiger partial charge in [0.25, 0.3) is 5.91 Å². The molecule has 6 nitrogen and oxygen atoms in total. The largest absolute Gasteiger partial charge is 0.461 e. The van der Waals surface area contributed by atoms with Gasteiger partial charge in [0.2, 0.25) is 0 Å². The number of amides is 1. The van der Waals surface area contributed by atoms with Crippen LogP contribution in [0.4, 0.5) is 5.82 Å². The number of esters is 1. The van der Waals surface area contributed by atoms with Crippen LogP contribution in [-0.2, 0) is 17.8 Å². The molecule has 0 saturated carbocycles. The van der Waals surface area contributed by atoms with Gasteiger partial charge in [-0.1, -0.05) is 36.4 Å². The van der Waals surface area contributed by atoms with Gasteiger partial charge in [0.1, 0.15) is 11.5 Å². The van der Waals surface area contributed by atoms with Crippen molar-refractivity contribution in [3.63, 3.8) is 0 Å². The van der Waals surface area contributed by atoms with Crippen LogP contribution in [0.25, 0.3) is 0 Å². The van der Waals surface area contributed by atoms with E-state index in [-0.39, 0.29) is 12.5 Å². The lowest BCUT2D eigenvalue weighted by molar-refractivity contribution is 0.0512. The number of aromatic nitrogens is 2. The lowest BCUT2D eigenvalue weighted by Gasteiger charge is -2.22. The normalized spacial score (nSPS) is 10.7. The van der Waals surface area contributed by atoms with Gasteiger partial charge in [-0.25, -0.2) is 9.78 Å². The number of benzene rings is 1. The predicted octanol–water partition coefficient (Wildman–Crippen LogP) is 4.54. The standard InChI is InChI=1S/C24H27N3O3/c1-5-26-18(4)21(17(3)22(26)24(29)30-6-2)23(28)27(20-14-10-11-15-25-20)16-19-12-8-7-9-13-19/h7-15H,5-6,16H2,1-4H3. The van der Waals surface area contributed by atoms with Crippen LogP contribution in [0.1, 0.15) is 51.5 Å². The van der Waals surface area contributed by atoms with Crippen molar-refractivity contribution < 1.29 is 14.3 Å². The van der Waals surface area contributed by atoms with Gasteiger partial charge in [0, 0.05) is 18.4 Å². The van der Waals surface area contributed by atoms with E-state index in [2.05, 4.69) is 4.98 Å². The third-order valence-electron chi connectivity index (χ3n) is 5.12. The maximum Gasteiger partial charge on any atom is 0.355 e. The van der Waals surface area contributed by atoms with Gasteiger partial charge in [-0.05, 0) is 51.0 Å². The fourth-order valence-electron chi connectivity index (χ4n) is 3.74. The van der Waals surface area contributed by atoms with E-state index in [0.29, 0.717) is 35.7 Å². The van der Waals surface area contributed by atoms with Crippen molar-refractivity contribution in [3.05, 3.63) is 82.8 Å². The highest BCUT2D eigenvalue weighted by Gasteiger charge is 2.30. The van der Waals surface area contributed by atoms with Crippen molar-refractivity contribution in [1.82, 2.24) is 9.55 Å². The van der Waals surface area contributed by atoms with E-state index in [9.17, 15) is 9.59 Å². The SMILES string of the molecule is CCOC(=O)c1c(C)c(C(=O)N(Cc2ccccc2)c2ccccn2)c(C)n1CC. The van der Waals surface area contributed by atoms with Crippen LogP contribution in [-0.4, -0.2) is 28.0 Å². The maximum absolute atomic E-state index is 13.8. The van der Waals surface area contributed by atoms with Crippen molar-refractivity contribution in [1.29, 1.82) is 0 Å². The summed E-state index contributed by atoms with van der Waals surface area (Å²) >= 11 is 0. The van der Waals surface area contributed by atoms with Gasteiger partial charge in [-0.15, -0.1) is 0 Å². The van der Waals surface area contributed by atoms with Crippen LogP contribution in [0, 0.1) is 13.8 Å². The molecule has 3 aromatic rings. The predicted molar refractivity (Wildman–Crippen MR) is 117 cm³/mol.